The number of halogens is 2. The van der Waals surface area contributed by atoms with Crippen LogP contribution in [0.5, 0.6) is 0 Å². The van der Waals surface area contributed by atoms with Crippen molar-refractivity contribution in [3.05, 3.63) is 10.6 Å². The average molecular weight is 265 g/mol. The first kappa shape index (κ1) is 13.4. The summed E-state index contributed by atoms with van der Waals surface area (Å²) in [7, 11) is 0. The molecule has 1 aromatic heterocycles. The van der Waals surface area contributed by atoms with Crippen LogP contribution in [-0.4, -0.2) is 31.2 Å². The largest absolute Gasteiger partial charge is 0.388 e. The summed E-state index contributed by atoms with van der Waals surface area (Å²) in [4.78, 5) is 11.4. The second-order valence-electron chi connectivity index (χ2n) is 4.51. The van der Waals surface area contributed by atoms with Gasteiger partial charge in [0.05, 0.1) is 11.1 Å². The van der Waals surface area contributed by atoms with Crippen LogP contribution in [0.15, 0.2) is 0 Å². The van der Waals surface area contributed by atoms with Crippen molar-refractivity contribution in [1.82, 2.24) is 15.0 Å². The third kappa shape index (κ3) is 3.17. The monoisotopic (exact) mass is 264 g/mol. The highest BCUT2D eigenvalue weighted by molar-refractivity contribution is 6.31. The van der Waals surface area contributed by atoms with E-state index in [2.05, 4.69) is 20.3 Å². The van der Waals surface area contributed by atoms with Crippen LogP contribution < -0.4 is 5.32 Å². The quantitative estimate of drug-likeness (QED) is 0.876. The normalized spacial score (nSPS) is 12.7. The van der Waals surface area contributed by atoms with Gasteiger partial charge in [0.15, 0.2) is 0 Å². The fraction of sp³-hybridized carbons (Fsp3) is 0.667. The summed E-state index contributed by atoms with van der Waals surface area (Å²) in [5.41, 5.74) is -1.60. The second kappa shape index (κ2) is 4.31. The number of aromatic nitrogens is 3. The van der Waals surface area contributed by atoms with Crippen LogP contribution in [-0.2, 0) is 0 Å². The van der Waals surface area contributed by atoms with Gasteiger partial charge < -0.3 is 10.4 Å². The van der Waals surface area contributed by atoms with E-state index in [1.165, 1.54) is 0 Å². The molecule has 16 heavy (non-hydrogen) atoms. The Morgan fingerprint density at radius 1 is 1.00 bits per heavy atom. The minimum atomic E-state index is -0.960. The van der Waals surface area contributed by atoms with E-state index in [9.17, 15) is 5.11 Å². The molecule has 0 aliphatic rings. The van der Waals surface area contributed by atoms with E-state index in [0.29, 0.717) is 0 Å². The topological polar surface area (TPSA) is 70.9 Å². The van der Waals surface area contributed by atoms with E-state index < -0.39 is 11.1 Å². The zero-order valence-corrected chi connectivity index (χ0v) is 11.1. The third-order valence-corrected chi connectivity index (χ3v) is 2.87. The Bertz CT molecular complexity index is 369. The Hall–Kier alpha value is -0.650. The first-order chi connectivity index (χ1) is 7.12. The van der Waals surface area contributed by atoms with Crippen molar-refractivity contribution in [3.8, 4) is 0 Å². The highest BCUT2D eigenvalue weighted by Gasteiger charge is 2.35. The van der Waals surface area contributed by atoms with E-state index in [0.717, 1.165) is 0 Å². The van der Waals surface area contributed by atoms with Crippen molar-refractivity contribution >= 4 is 29.2 Å². The molecule has 1 rings (SSSR count). The summed E-state index contributed by atoms with van der Waals surface area (Å²) in [6.07, 6.45) is 0. The summed E-state index contributed by atoms with van der Waals surface area (Å²) >= 11 is 11.3. The molecule has 0 saturated heterocycles. The van der Waals surface area contributed by atoms with Crippen molar-refractivity contribution in [2.45, 2.75) is 38.8 Å². The van der Waals surface area contributed by atoms with E-state index in [1.54, 1.807) is 13.8 Å². The summed E-state index contributed by atoms with van der Waals surface area (Å²) in [6, 6.07) is 0. The predicted molar refractivity (Wildman–Crippen MR) is 63.8 cm³/mol. The maximum Gasteiger partial charge on any atom is 0.228 e. The molecule has 0 fully saturated rings. The van der Waals surface area contributed by atoms with Gasteiger partial charge in [-0.3, -0.25) is 0 Å². The van der Waals surface area contributed by atoms with Gasteiger partial charge in [-0.1, -0.05) is 0 Å². The summed E-state index contributed by atoms with van der Waals surface area (Å²) in [5.74, 6) is 0.233. The van der Waals surface area contributed by atoms with Crippen LogP contribution in [0, 0.1) is 0 Å². The van der Waals surface area contributed by atoms with E-state index >= 15 is 0 Å². The first-order valence-corrected chi connectivity index (χ1v) is 5.45. The fourth-order valence-corrected chi connectivity index (χ4v) is 1.18. The van der Waals surface area contributed by atoms with Gasteiger partial charge in [-0.25, -0.2) is 0 Å². The molecule has 0 radical (unpaired) electrons. The number of hydrogen-bond donors (Lipinski definition) is 2. The first-order valence-electron chi connectivity index (χ1n) is 4.69. The van der Waals surface area contributed by atoms with E-state index in [1.807, 2.05) is 13.8 Å². The smallest absolute Gasteiger partial charge is 0.228 e. The molecule has 0 aliphatic carbocycles. The third-order valence-electron chi connectivity index (χ3n) is 2.53. The van der Waals surface area contributed by atoms with Gasteiger partial charge in [-0.05, 0) is 50.9 Å². The fourth-order valence-electron chi connectivity index (χ4n) is 0.814. The van der Waals surface area contributed by atoms with Crippen LogP contribution in [0.2, 0.25) is 10.6 Å². The Kier molecular flexibility index (Phi) is 3.62. The molecule has 5 nitrogen and oxygen atoms in total. The molecule has 1 aromatic rings. The standard InChI is InChI=1S/C9H14Cl2N4O/c1-8(2,9(3,4)16)15-7-13-5(10)12-6(11)14-7/h16H,1-4H3,(H,12,13,14,15). The molecule has 0 unspecified atom stereocenters. The summed E-state index contributed by atoms with van der Waals surface area (Å²) in [5, 5.41) is 12.9. The SMILES string of the molecule is CC(C)(O)C(C)(C)Nc1nc(Cl)nc(Cl)n1. The molecule has 0 aromatic carbocycles. The lowest BCUT2D eigenvalue weighted by atomic mass is 9.86. The highest BCUT2D eigenvalue weighted by Crippen LogP contribution is 2.24. The number of aliphatic hydroxyl groups is 1. The van der Waals surface area contributed by atoms with Crippen molar-refractivity contribution in [1.29, 1.82) is 0 Å². The lowest BCUT2D eigenvalue weighted by Gasteiger charge is -2.37. The molecule has 0 spiro atoms. The predicted octanol–water partition coefficient (Wildman–Crippen LogP) is 2.14. The number of nitrogens with one attached hydrogen (secondary N) is 1. The molecule has 1 heterocycles. The molecule has 0 atom stereocenters. The van der Waals surface area contributed by atoms with Crippen LogP contribution in [0.25, 0.3) is 0 Å². The van der Waals surface area contributed by atoms with Crippen molar-refractivity contribution in [2.75, 3.05) is 5.32 Å². The van der Waals surface area contributed by atoms with Gasteiger partial charge in [0.1, 0.15) is 0 Å². The number of anilines is 1. The Balaban J connectivity index is 2.96. The van der Waals surface area contributed by atoms with Gasteiger partial charge in [-0.15, -0.1) is 0 Å². The van der Waals surface area contributed by atoms with Crippen LogP contribution in [0.1, 0.15) is 27.7 Å². The van der Waals surface area contributed by atoms with Crippen LogP contribution >= 0.6 is 23.2 Å². The molecule has 0 bridgehead atoms. The Morgan fingerprint density at radius 3 is 1.81 bits per heavy atom. The van der Waals surface area contributed by atoms with Crippen LogP contribution in [0.3, 0.4) is 0 Å². The molecular weight excluding hydrogens is 251 g/mol. The highest BCUT2D eigenvalue weighted by atomic mass is 35.5. The minimum absolute atomic E-state index is 0.00838. The van der Waals surface area contributed by atoms with Crippen LogP contribution in [0.4, 0.5) is 5.95 Å². The molecule has 7 heteroatoms. The van der Waals surface area contributed by atoms with Crippen molar-refractivity contribution in [3.63, 3.8) is 0 Å². The lowest BCUT2D eigenvalue weighted by Crippen LogP contribution is -2.51. The zero-order chi connectivity index (χ0) is 12.6. The summed E-state index contributed by atoms with van der Waals surface area (Å²) < 4.78 is 0. The maximum atomic E-state index is 9.95. The van der Waals surface area contributed by atoms with E-state index in [4.69, 9.17) is 23.2 Å². The zero-order valence-electron chi connectivity index (χ0n) is 9.54. The molecule has 90 valence electrons. The van der Waals surface area contributed by atoms with Gasteiger partial charge in [0.25, 0.3) is 0 Å². The average Bonchev–Trinajstić information content (AvgIpc) is 1.97. The van der Waals surface area contributed by atoms with Gasteiger partial charge in [0, 0.05) is 0 Å². The molecule has 0 aliphatic heterocycles. The number of nitrogens with zero attached hydrogens (tertiary/aromatic N) is 3. The molecule has 2 N–H and O–H groups in total. The lowest BCUT2D eigenvalue weighted by molar-refractivity contribution is 0.0237. The minimum Gasteiger partial charge on any atom is -0.388 e. The van der Waals surface area contributed by atoms with Gasteiger partial charge >= 0.3 is 0 Å². The van der Waals surface area contributed by atoms with Gasteiger partial charge in [-0.2, -0.15) is 15.0 Å². The van der Waals surface area contributed by atoms with Gasteiger partial charge in [0.2, 0.25) is 16.5 Å². The summed E-state index contributed by atoms with van der Waals surface area (Å²) in [6.45, 7) is 7.01. The van der Waals surface area contributed by atoms with Crippen molar-refractivity contribution in [2.24, 2.45) is 0 Å². The Labute approximate surface area is 104 Å². The second-order valence-corrected chi connectivity index (χ2v) is 5.18. The van der Waals surface area contributed by atoms with E-state index in [-0.39, 0.29) is 16.5 Å². The number of hydrogen-bond acceptors (Lipinski definition) is 5. The van der Waals surface area contributed by atoms with Crippen molar-refractivity contribution < 1.29 is 5.11 Å². The molecule has 0 saturated carbocycles. The molecule has 0 amide bonds. The number of rotatable bonds is 3. The molecular formula is C9H14Cl2N4O. The Morgan fingerprint density at radius 2 is 1.44 bits per heavy atom. The maximum absolute atomic E-state index is 9.95.